The van der Waals surface area contributed by atoms with Crippen LogP contribution in [0.1, 0.15) is 19.8 Å². The van der Waals surface area contributed by atoms with Crippen molar-refractivity contribution in [3.63, 3.8) is 0 Å². The molecule has 6 heteroatoms. The molecule has 0 aromatic heterocycles. The molecule has 1 N–H and O–H groups in total. The molecule has 0 spiro atoms. The second-order valence-electron chi connectivity index (χ2n) is 1.85. The Bertz CT molecular complexity index is 120. The third kappa shape index (κ3) is 7.07. The molecule has 3 nitrogen and oxygen atoms in total. The minimum absolute atomic E-state index is 0. The molecule has 0 rings (SSSR count). The molecular weight excluding hydrogens is 241 g/mol. The summed E-state index contributed by atoms with van der Waals surface area (Å²) in [5.41, 5.74) is 0. The molecule has 0 radical (unpaired) electrons. The molecule has 0 amide bonds. The van der Waals surface area contributed by atoms with E-state index in [-0.39, 0.29) is 38.3 Å². The monoisotopic (exact) mass is 248 g/mol. The number of hydrogen-bond donors (Lipinski definition) is 2. The van der Waals surface area contributed by atoms with E-state index >= 15 is 0 Å². The van der Waals surface area contributed by atoms with Crippen molar-refractivity contribution >= 4 is 18.6 Å². The fourth-order valence-corrected chi connectivity index (χ4v) is 0.674. The van der Waals surface area contributed by atoms with Crippen LogP contribution < -0.4 is 17.5 Å². The number of thiol groups is 1. The summed E-state index contributed by atoms with van der Waals surface area (Å²) in [5, 5.41) is 18.8. The average molecular weight is 250 g/mol. The Morgan fingerprint density at radius 3 is 2.18 bits per heavy atom. The predicted molar refractivity (Wildman–Crippen MR) is 33.9 cm³/mol. The summed E-state index contributed by atoms with van der Waals surface area (Å²) in [4.78, 5) is 8.02. The van der Waals surface area contributed by atoms with Gasteiger partial charge < -0.3 is 27.4 Å². The van der Waals surface area contributed by atoms with E-state index in [9.17, 15) is 9.90 Å². The van der Waals surface area contributed by atoms with Crippen LogP contribution in [0.25, 0.3) is 0 Å². The van der Waals surface area contributed by atoms with Gasteiger partial charge in [0.25, 0.3) is 0 Å². The number of aliphatic carboxylic acids is 1. The molecule has 0 heterocycles. The molecule has 1 unspecified atom stereocenters. The van der Waals surface area contributed by atoms with Gasteiger partial charge >= 0.3 is 19.5 Å². The van der Waals surface area contributed by atoms with Gasteiger partial charge in [0.05, 0.1) is 5.97 Å². The molecular formula is C5H9ClO3SZn. The number of hydrogen-bond acceptors (Lipinski definition) is 4. The van der Waals surface area contributed by atoms with Crippen LogP contribution in [0.3, 0.4) is 0 Å². The standard InChI is InChI=1S/C5H10O3S.ClH.Zn/c1-2-3-5(8,9)4(6)7;;/h8-9H,2-3H2,1H3,(H,6,7);1H;/q;;+2/p-2. The van der Waals surface area contributed by atoms with Crippen LogP contribution in [0.4, 0.5) is 0 Å². The smallest absolute Gasteiger partial charge is 1.00 e. The molecule has 0 saturated carbocycles. The zero-order chi connectivity index (χ0) is 7.49. The van der Waals surface area contributed by atoms with Gasteiger partial charge in [0.2, 0.25) is 0 Å². The van der Waals surface area contributed by atoms with Crippen molar-refractivity contribution in [3.8, 4) is 0 Å². The maximum absolute atomic E-state index is 9.97. The van der Waals surface area contributed by atoms with Crippen molar-refractivity contribution in [1.82, 2.24) is 0 Å². The Kier molecular flexibility index (Phi) is 11.8. The Morgan fingerprint density at radius 1 is 1.73 bits per heavy atom. The van der Waals surface area contributed by atoms with Crippen molar-refractivity contribution in [2.24, 2.45) is 0 Å². The van der Waals surface area contributed by atoms with E-state index in [0.29, 0.717) is 6.42 Å². The van der Waals surface area contributed by atoms with Crippen LogP contribution in [0.15, 0.2) is 0 Å². The van der Waals surface area contributed by atoms with Crippen LogP contribution in [0.2, 0.25) is 0 Å². The number of rotatable bonds is 3. The molecule has 1 atom stereocenters. The molecule has 0 saturated heterocycles. The van der Waals surface area contributed by atoms with E-state index in [4.69, 9.17) is 5.11 Å². The fourth-order valence-electron chi connectivity index (χ4n) is 0.451. The Hall–Kier alpha value is 0.693. The van der Waals surface area contributed by atoms with Crippen LogP contribution in [0.5, 0.6) is 0 Å². The van der Waals surface area contributed by atoms with Crippen molar-refractivity contribution < 1.29 is 46.9 Å². The second-order valence-corrected chi connectivity index (χ2v) is 2.59. The summed E-state index contributed by atoms with van der Waals surface area (Å²) in [5.74, 6) is -1.53. The van der Waals surface area contributed by atoms with E-state index in [1.165, 1.54) is 0 Å². The number of halogens is 1. The molecule has 11 heavy (non-hydrogen) atoms. The fraction of sp³-hybridized carbons (Fsp3) is 0.800. The van der Waals surface area contributed by atoms with Gasteiger partial charge in [-0.05, 0) is 6.42 Å². The van der Waals surface area contributed by atoms with Gasteiger partial charge in [-0.25, -0.2) is 0 Å². The maximum Gasteiger partial charge on any atom is 2.00 e. The zero-order valence-corrected chi connectivity index (χ0v) is 10.8. The Balaban J connectivity index is -0.000000320. The van der Waals surface area contributed by atoms with Crippen LogP contribution in [0, 0.1) is 0 Å². The number of carboxylic acid groups (broad SMARTS) is 1. The van der Waals surface area contributed by atoms with Gasteiger partial charge in [0.1, 0.15) is 4.93 Å². The van der Waals surface area contributed by atoms with Gasteiger partial charge in [-0.15, -0.1) is 12.6 Å². The summed E-state index contributed by atoms with van der Waals surface area (Å²) in [6, 6.07) is 0. The first-order valence-corrected chi connectivity index (χ1v) is 3.11. The van der Waals surface area contributed by atoms with E-state index in [1.54, 1.807) is 6.92 Å². The Labute approximate surface area is 90.1 Å². The maximum atomic E-state index is 9.97. The molecule has 0 aliphatic heterocycles. The number of carboxylic acids is 1. The van der Waals surface area contributed by atoms with Crippen molar-refractivity contribution in [3.05, 3.63) is 0 Å². The number of carbonyl (C=O) groups excluding carboxylic acids is 1. The first-order valence-electron chi connectivity index (χ1n) is 2.67. The Morgan fingerprint density at radius 2 is 2.09 bits per heavy atom. The first-order chi connectivity index (χ1) is 4.00. The topological polar surface area (TPSA) is 60.4 Å². The number of carbonyl (C=O) groups is 1. The molecule has 0 aliphatic rings. The average Bonchev–Trinajstić information content (AvgIpc) is 1.65. The molecule has 0 aromatic carbocycles. The first kappa shape index (κ1) is 17.7. The third-order valence-corrected chi connectivity index (χ3v) is 1.33. The van der Waals surface area contributed by atoms with Gasteiger partial charge in [-0.2, -0.15) is 0 Å². The summed E-state index contributed by atoms with van der Waals surface area (Å²) < 4.78 is 0. The zero-order valence-electron chi connectivity index (χ0n) is 6.21. The minimum atomic E-state index is -1.95. The van der Waals surface area contributed by atoms with Crippen molar-refractivity contribution in [2.45, 2.75) is 24.7 Å². The largest absolute Gasteiger partial charge is 2.00 e. The SMILES string of the molecule is CCCC(O)(S)C(=O)[O-].[Cl-].[Zn+2]. The molecule has 62 valence electrons. The summed E-state index contributed by atoms with van der Waals surface area (Å²) in [6.45, 7) is 1.75. The number of aliphatic hydroxyl groups is 1. The minimum Gasteiger partial charge on any atom is -1.00 e. The van der Waals surface area contributed by atoms with Crippen molar-refractivity contribution in [1.29, 1.82) is 0 Å². The van der Waals surface area contributed by atoms with Gasteiger partial charge in [-0.3, -0.25) is 0 Å². The van der Waals surface area contributed by atoms with Gasteiger partial charge in [-0.1, -0.05) is 13.3 Å². The molecule has 0 aliphatic carbocycles. The third-order valence-electron chi connectivity index (χ3n) is 0.926. The molecule has 0 aromatic rings. The van der Waals surface area contributed by atoms with E-state index in [0.717, 1.165) is 0 Å². The van der Waals surface area contributed by atoms with Crippen LogP contribution >= 0.6 is 12.6 Å². The summed E-state index contributed by atoms with van der Waals surface area (Å²) in [6.07, 6.45) is 0.673. The van der Waals surface area contributed by atoms with Crippen LogP contribution in [-0.4, -0.2) is 16.0 Å². The van der Waals surface area contributed by atoms with Crippen LogP contribution in [-0.2, 0) is 24.3 Å². The normalized spacial score (nSPS) is 13.7. The quantitative estimate of drug-likeness (QED) is 0.306. The summed E-state index contributed by atoms with van der Waals surface area (Å²) >= 11 is 3.46. The van der Waals surface area contributed by atoms with Gasteiger partial charge in [0, 0.05) is 0 Å². The molecule has 0 bridgehead atoms. The predicted octanol–water partition coefficient (Wildman–Crippen LogP) is -3.84. The second kappa shape index (κ2) is 7.35. The van der Waals surface area contributed by atoms with Gasteiger partial charge in [0.15, 0.2) is 0 Å². The van der Waals surface area contributed by atoms with E-state index in [1.807, 2.05) is 0 Å². The summed E-state index contributed by atoms with van der Waals surface area (Å²) in [7, 11) is 0. The van der Waals surface area contributed by atoms with E-state index < -0.39 is 10.9 Å². The van der Waals surface area contributed by atoms with Crippen molar-refractivity contribution in [2.75, 3.05) is 0 Å². The van der Waals surface area contributed by atoms with E-state index in [2.05, 4.69) is 12.6 Å². The molecule has 0 fully saturated rings.